The summed E-state index contributed by atoms with van der Waals surface area (Å²) in [6.45, 7) is 0. The van der Waals surface area contributed by atoms with Crippen LogP contribution in [0.2, 0.25) is 0 Å². The van der Waals surface area contributed by atoms with E-state index in [1.807, 2.05) is 24.3 Å². The standard InChI is InChI=1S/2C12H8N2.Nd/c2*1-3-9-5-6-10-4-2-8-14-12(10)11(9)13-7-1;/h2*1-8H;/q;;+3. The topological polar surface area (TPSA) is 51.6 Å². The van der Waals surface area contributed by atoms with Crippen molar-refractivity contribution in [1.82, 2.24) is 19.9 Å². The number of aromatic nitrogens is 4. The Morgan fingerprint density at radius 1 is 0.345 bits per heavy atom. The smallest absolute Gasteiger partial charge is 0.254 e. The van der Waals surface area contributed by atoms with E-state index >= 15 is 0 Å². The molecule has 2 aromatic carbocycles. The molecule has 0 aliphatic carbocycles. The number of hydrogen-bond acceptors (Lipinski definition) is 4. The van der Waals surface area contributed by atoms with Crippen molar-refractivity contribution in [2.24, 2.45) is 0 Å². The molecular formula is C24H16N4Nd+3. The van der Waals surface area contributed by atoms with Gasteiger partial charge in [-0.1, -0.05) is 48.5 Å². The number of hydrogen-bond donors (Lipinski definition) is 0. The molecule has 6 aromatic rings. The molecule has 133 valence electrons. The quantitative estimate of drug-likeness (QED) is 0.254. The first-order valence-electron chi connectivity index (χ1n) is 9.07. The Kier molecular flexibility index (Phi) is 6.02. The maximum absolute atomic E-state index is 4.35. The van der Waals surface area contributed by atoms with Crippen molar-refractivity contribution < 1.29 is 40.8 Å². The summed E-state index contributed by atoms with van der Waals surface area (Å²) in [4.78, 5) is 17.4. The second-order valence-electron chi connectivity index (χ2n) is 6.43. The fraction of sp³-hybridized carbons (Fsp3) is 0. The van der Waals surface area contributed by atoms with E-state index in [1.54, 1.807) is 24.8 Å². The third kappa shape index (κ3) is 3.95. The maximum Gasteiger partial charge on any atom is 3.00 e. The summed E-state index contributed by atoms with van der Waals surface area (Å²) in [6, 6.07) is 24.3. The number of rotatable bonds is 0. The van der Waals surface area contributed by atoms with Gasteiger partial charge in [-0.25, -0.2) is 0 Å². The summed E-state index contributed by atoms with van der Waals surface area (Å²) in [5, 5.41) is 4.55. The summed E-state index contributed by atoms with van der Waals surface area (Å²) in [6.07, 6.45) is 7.21. The number of benzene rings is 2. The van der Waals surface area contributed by atoms with Crippen LogP contribution in [0.15, 0.2) is 97.6 Å². The van der Waals surface area contributed by atoms with Crippen LogP contribution in [-0.2, 0) is 0 Å². The molecular weight excluding hydrogens is 489 g/mol. The van der Waals surface area contributed by atoms with Crippen LogP contribution in [-0.4, -0.2) is 19.9 Å². The SMILES string of the molecule is [Nd+3].c1cnc2c(c1)ccc1cccnc12.c1cnc2c(c1)ccc1cccnc12. The van der Waals surface area contributed by atoms with Gasteiger partial charge in [-0.05, 0) is 24.3 Å². The molecule has 6 rings (SSSR count). The Hall–Kier alpha value is -2.57. The first kappa shape index (κ1) is 19.7. The van der Waals surface area contributed by atoms with Crippen LogP contribution in [0.5, 0.6) is 0 Å². The normalized spacial score (nSPS) is 10.5. The number of pyridine rings is 4. The Morgan fingerprint density at radius 3 is 0.828 bits per heavy atom. The van der Waals surface area contributed by atoms with Gasteiger partial charge in [0.05, 0.1) is 22.1 Å². The van der Waals surface area contributed by atoms with Gasteiger partial charge >= 0.3 is 40.8 Å². The van der Waals surface area contributed by atoms with Gasteiger partial charge < -0.3 is 0 Å². The van der Waals surface area contributed by atoms with E-state index in [0.29, 0.717) is 0 Å². The molecule has 0 fully saturated rings. The fourth-order valence-electron chi connectivity index (χ4n) is 3.36. The van der Waals surface area contributed by atoms with Gasteiger partial charge in [0.2, 0.25) is 0 Å². The molecule has 0 atom stereocenters. The average molecular weight is 505 g/mol. The molecule has 0 unspecified atom stereocenters. The van der Waals surface area contributed by atoms with E-state index in [2.05, 4.69) is 68.5 Å². The zero-order valence-corrected chi connectivity index (χ0v) is 18.7. The van der Waals surface area contributed by atoms with Crippen LogP contribution in [0.4, 0.5) is 0 Å². The molecule has 4 heterocycles. The number of fused-ring (bicyclic) bond motifs is 6. The van der Waals surface area contributed by atoms with Crippen molar-refractivity contribution in [3.8, 4) is 0 Å². The Balaban J connectivity index is 0.000000137. The summed E-state index contributed by atoms with van der Waals surface area (Å²) < 4.78 is 0. The minimum Gasteiger partial charge on any atom is -0.254 e. The van der Waals surface area contributed by atoms with E-state index in [-0.39, 0.29) is 40.8 Å². The molecule has 4 nitrogen and oxygen atoms in total. The van der Waals surface area contributed by atoms with Gasteiger partial charge in [-0.2, -0.15) is 0 Å². The minimum absolute atomic E-state index is 0. The summed E-state index contributed by atoms with van der Waals surface area (Å²) >= 11 is 0. The van der Waals surface area contributed by atoms with Crippen molar-refractivity contribution in [1.29, 1.82) is 0 Å². The molecule has 5 heteroatoms. The Bertz CT molecular complexity index is 1210. The maximum atomic E-state index is 4.35. The Labute approximate surface area is 200 Å². The summed E-state index contributed by atoms with van der Waals surface area (Å²) in [5.41, 5.74) is 3.91. The zero-order chi connectivity index (χ0) is 18.8. The van der Waals surface area contributed by atoms with Gasteiger partial charge in [-0.3, -0.25) is 19.9 Å². The monoisotopic (exact) mass is 502 g/mol. The van der Waals surface area contributed by atoms with Crippen LogP contribution >= 0.6 is 0 Å². The van der Waals surface area contributed by atoms with Crippen molar-refractivity contribution in [2.75, 3.05) is 0 Å². The van der Waals surface area contributed by atoms with E-state index in [0.717, 1.165) is 43.6 Å². The molecule has 0 saturated heterocycles. The fourth-order valence-corrected chi connectivity index (χ4v) is 3.36. The second kappa shape index (κ2) is 8.84. The predicted octanol–water partition coefficient (Wildman–Crippen LogP) is 5.57. The molecule has 0 amide bonds. The molecule has 4 aromatic heterocycles. The van der Waals surface area contributed by atoms with Gasteiger partial charge in [-0.15, -0.1) is 0 Å². The van der Waals surface area contributed by atoms with Crippen LogP contribution in [0, 0.1) is 40.8 Å². The number of nitrogens with zero attached hydrogens (tertiary/aromatic N) is 4. The van der Waals surface area contributed by atoms with Crippen LogP contribution in [0.25, 0.3) is 43.6 Å². The third-order valence-electron chi connectivity index (χ3n) is 4.69. The molecule has 0 bridgehead atoms. The van der Waals surface area contributed by atoms with Crippen LogP contribution in [0.3, 0.4) is 0 Å². The van der Waals surface area contributed by atoms with Crippen molar-refractivity contribution in [3.05, 3.63) is 97.6 Å². The molecule has 0 N–H and O–H groups in total. The van der Waals surface area contributed by atoms with E-state index in [4.69, 9.17) is 0 Å². The van der Waals surface area contributed by atoms with E-state index in [1.165, 1.54) is 0 Å². The first-order valence-corrected chi connectivity index (χ1v) is 9.07. The first-order chi connectivity index (χ1) is 13.9. The van der Waals surface area contributed by atoms with E-state index in [9.17, 15) is 0 Å². The molecule has 29 heavy (non-hydrogen) atoms. The largest absolute Gasteiger partial charge is 3.00 e. The van der Waals surface area contributed by atoms with Crippen molar-refractivity contribution >= 4 is 43.6 Å². The molecule has 1 radical (unpaired) electrons. The summed E-state index contributed by atoms with van der Waals surface area (Å²) in [7, 11) is 0. The van der Waals surface area contributed by atoms with Gasteiger partial charge in [0.15, 0.2) is 0 Å². The second-order valence-corrected chi connectivity index (χ2v) is 6.43. The molecule has 0 aliphatic rings. The average Bonchev–Trinajstić information content (AvgIpc) is 2.79. The van der Waals surface area contributed by atoms with Crippen molar-refractivity contribution in [3.63, 3.8) is 0 Å². The van der Waals surface area contributed by atoms with Crippen LogP contribution < -0.4 is 0 Å². The van der Waals surface area contributed by atoms with Crippen LogP contribution in [0.1, 0.15) is 0 Å². The summed E-state index contributed by atoms with van der Waals surface area (Å²) in [5.74, 6) is 0. The molecule has 0 saturated carbocycles. The van der Waals surface area contributed by atoms with Gasteiger partial charge in [0.25, 0.3) is 0 Å². The van der Waals surface area contributed by atoms with Gasteiger partial charge in [0.1, 0.15) is 0 Å². The van der Waals surface area contributed by atoms with E-state index < -0.39 is 0 Å². The molecule has 0 spiro atoms. The third-order valence-corrected chi connectivity index (χ3v) is 4.69. The minimum atomic E-state index is 0. The van der Waals surface area contributed by atoms with Gasteiger partial charge in [0, 0.05) is 46.3 Å². The zero-order valence-electron chi connectivity index (χ0n) is 15.5. The predicted molar refractivity (Wildman–Crippen MR) is 114 cm³/mol. The molecule has 0 aliphatic heterocycles. The van der Waals surface area contributed by atoms with Crippen molar-refractivity contribution in [2.45, 2.75) is 0 Å². The Morgan fingerprint density at radius 2 is 0.586 bits per heavy atom.